The SMILES string of the molecule is CCC1(C)CN(C(C)c2ccccn2)C(C(C)C)CN1. The van der Waals surface area contributed by atoms with Crippen molar-refractivity contribution in [2.45, 2.75) is 58.7 Å². The van der Waals surface area contributed by atoms with Gasteiger partial charge in [-0.05, 0) is 38.3 Å². The lowest BCUT2D eigenvalue weighted by atomic mass is 9.88. The van der Waals surface area contributed by atoms with Crippen LogP contribution in [0.3, 0.4) is 0 Å². The average molecular weight is 275 g/mol. The normalized spacial score (nSPS) is 29.6. The van der Waals surface area contributed by atoms with Gasteiger partial charge in [0.1, 0.15) is 0 Å². The van der Waals surface area contributed by atoms with Crippen molar-refractivity contribution in [3.8, 4) is 0 Å². The molecule has 0 aromatic carbocycles. The Bertz CT molecular complexity index is 418. The molecule has 1 saturated heterocycles. The van der Waals surface area contributed by atoms with Gasteiger partial charge in [0.2, 0.25) is 0 Å². The first-order valence-electron chi connectivity index (χ1n) is 7.88. The lowest BCUT2D eigenvalue weighted by Crippen LogP contribution is -2.64. The van der Waals surface area contributed by atoms with Crippen LogP contribution < -0.4 is 5.32 Å². The second-order valence-electron chi connectivity index (χ2n) is 6.71. The Morgan fingerprint density at radius 2 is 2.15 bits per heavy atom. The van der Waals surface area contributed by atoms with Gasteiger partial charge >= 0.3 is 0 Å². The Hall–Kier alpha value is -0.930. The fourth-order valence-electron chi connectivity index (χ4n) is 3.12. The zero-order valence-corrected chi connectivity index (χ0v) is 13.6. The van der Waals surface area contributed by atoms with E-state index in [1.165, 1.54) is 5.69 Å². The van der Waals surface area contributed by atoms with Crippen molar-refractivity contribution in [3.05, 3.63) is 30.1 Å². The van der Waals surface area contributed by atoms with E-state index in [0.717, 1.165) is 19.5 Å². The fraction of sp³-hybridized carbons (Fsp3) is 0.706. The van der Waals surface area contributed by atoms with Crippen LogP contribution in [0.4, 0.5) is 0 Å². The van der Waals surface area contributed by atoms with E-state index in [9.17, 15) is 0 Å². The van der Waals surface area contributed by atoms with Gasteiger partial charge in [-0.25, -0.2) is 0 Å². The van der Waals surface area contributed by atoms with Crippen LogP contribution in [0.1, 0.15) is 52.8 Å². The molecular formula is C17H29N3. The molecule has 1 aromatic rings. The first-order chi connectivity index (χ1) is 9.47. The maximum absolute atomic E-state index is 4.56. The Labute approximate surface area is 123 Å². The van der Waals surface area contributed by atoms with Gasteiger partial charge < -0.3 is 5.32 Å². The van der Waals surface area contributed by atoms with Crippen LogP contribution in [0.2, 0.25) is 0 Å². The van der Waals surface area contributed by atoms with E-state index in [4.69, 9.17) is 0 Å². The summed E-state index contributed by atoms with van der Waals surface area (Å²) in [5.41, 5.74) is 1.40. The van der Waals surface area contributed by atoms with Crippen molar-refractivity contribution in [3.63, 3.8) is 0 Å². The maximum atomic E-state index is 4.56. The van der Waals surface area contributed by atoms with Crippen molar-refractivity contribution < 1.29 is 0 Å². The third-order valence-corrected chi connectivity index (χ3v) is 4.86. The number of hydrogen-bond acceptors (Lipinski definition) is 3. The molecule has 0 amide bonds. The van der Waals surface area contributed by atoms with E-state index < -0.39 is 0 Å². The van der Waals surface area contributed by atoms with Crippen LogP contribution in [0.15, 0.2) is 24.4 Å². The van der Waals surface area contributed by atoms with Crippen LogP contribution in [0.25, 0.3) is 0 Å². The van der Waals surface area contributed by atoms with Gasteiger partial charge in [0.15, 0.2) is 0 Å². The highest BCUT2D eigenvalue weighted by molar-refractivity contribution is 5.10. The van der Waals surface area contributed by atoms with Crippen molar-refractivity contribution in [1.82, 2.24) is 15.2 Å². The van der Waals surface area contributed by atoms with Crippen LogP contribution >= 0.6 is 0 Å². The van der Waals surface area contributed by atoms with Crippen molar-refractivity contribution in [1.29, 1.82) is 0 Å². The number of nitrogens with zero attached hydrogens (tertiary/aromatic N) is 2. The number of hydrogen-bond donors (Lipinski definition) is 1. The van der Waals surface area contributed by atoms with E-state index in [1.807, 2.05) is 12.3 Å². The summed E-state index contributed by atoms with van der Waals surface area (Å²) >= 11 is 0. The molecular weight excluding hydrogens is 246 g/mol. The molecule has 20 heavy (non-hydrogen) atoms. The van der Waals surface area contributed by atoms with Gasteiger partial charge in [0.25, 0.3) is 0 Å². The molecule has 1 aliphatic rings. The molecule has 112 valence electrons. The van der Waals surface area contributed by atoms with Crippen LogP contribution in [-0.2, 0) is 0 Å². The first-order valence-corrected chi connectivity index (χ1v) is 7.88. The number of nitrogens with one attached hydrogen (secondary N) is 1. The third kappa shape index (κ3) is 3.21. The molecule has 3 nitrogen and oxygen atoms in total. The number of pyridine rings is 1. The lowest BCUT2D eigenvalue weighted by Gasteiger charge is -2.49. The quantitative estimate of drug-likeness (QED) is 0.914. The Morgan fingerprint density at radius 3 is 2.70 bits per heavy atom. The monoisotopic (exact) mass is 275 g/mol. The molecule has 3 heteroatoms. The molecule has 0 radical (unpaired) electrons. The van der Waals surface area contributed by atoms with E-state index >= 15 is 0 Å². The van der Waals surface area contributed by atoms with Gasteiger partial charge in [-0.2, -0.15) is 0 Å². The molecule has 2 heterocycles. The molecule has 0 aliphatic carbocycles. The minimum absolute atomic E-state index is 0.217. The second-order valence-corrected chi connectivity index (χ2v) is 6.71. The zero-order chi connectivity index (χ0) is 14.8. The standard InChI is InChI=1S/C17H29N3/c1-6-17(5)12-20(16(11-19-17)13(2)3)14(4)15-9-7-8-10-18-15/h7-10,13-14,16,19H,6,11-12H2,1-5H3. The van der Waals surface area contributed by atoms with Crippen molar-refractivity contribution >= 4 is 0 Å². The zero-order valence-electron chi connectivity index (χ0n) is 13.6. The van der Waals surface area contributed by atoms with Gasteiger partial charge in [0, 0.05) is 36.9 Å². The van der Waals surface area contributed by atoms with Crippen molar-refractivity contribution in [2.75, 3.05) is 13.1 Å². The van der Waals surface area contributed by atoms with Crippen LogP contribution in [0, 0.1) is 5.92 Å². The Balaban J connectivity index is 2.23. The number of rotatable bonds is 4. The smallest absolute Gasteiger partial charge is 0.0572 e. The highest BCUT2D eigenvalue weighted by atomic mass is 15.3. The molecule has 1 fully saturated rings. The molecule has 3 unspecified atom stereocenters. The highest BCUT2D eigenvalue weighted by Crippen LogP contribution is 2.30. The van der Waals surface area contributed by atoms with Gasteiger partial charge in [0.05, 0.1) is 5.69 Å². The van der Waals surface area contributed by atoms with E-state index in [0.29, 0.717) is 18.0 Å². The number of piperazine rings is 1. The Kier molecular flexibility index (Phi) is 4.82. The second kappa shape index (κ2) is 6.23. The molecule has 0 spiro atoms. The molecule has 0 bridgehead atoms. The summed E-state index contributed by atoms with van der Waals surface area (Å²) in [5.74, 6) is 0.648. The van der Waals surface area contributed by atoms with E-state index in [1.54, 1.807) is 0 Å². The van der Waals surface area contributed by atoms with E-state index in [-0.39, 0.29) is 5.54 Å². The summed E-state index contributed by atoms with van der Waals surface area (Å²) in [6, 6.07) is 7.17. The summed E-state index contributed by atoms with van der Waals surface area (Å²) in [6.07, 6.45) is 3.06. The summed E-state index contributed by atoms with van der Waals surface area (Å²) < 4.78 is 0. The van der Waals surface area contributed by atoms with Crippen molar-refractivity contribution in [2.24, 2.45) is 5.92 Å². The Morgan fingerprint density at radius 1 is 1.40 bits per heavy atom. The van der Waals surface area contributed by atoms with Gasteiger partial charge in [-0.15, -0.1) is 0 Å². The maximum Gasteiger partial charge on any atom is 0.0572 e. The van der Waals surface area contributed by atoms with Gasteiger partial charge in [-0.1, -0.05) is 26.8 Å². The number of aromatic nitrogens is 1. The van der Waals surface area contributed by atoms with Crippen LogP contribution in [0.5, 0.6) is 0 Å². The molecule has 1 aromatic heterocycles. The molecule has 3 atom stereocenters. The average Bonchev–Trinajstić information content (AvgIpc) is 2.47. The summed E-state index contributed by atoms with van der Waals surface area (Å²) in [7, 11) is 0. The summed E-state index contributed by atoms with van der Waals surface area (Å²) in [4.78, 5) is 7.20. The fourth-order valence-corrected chi connectivity index (χ4v) is 3.12. The highest BCUT2D eigenvalue weighted by Gasteiger charge is 2.38. The minimum Gasteiger partial charge on any atom is -0.309 e. The molecule has 1 aliphatic heterocycles. The summed E-state index contributed by atoms with van der Waals surface area (Å²) in [6.45, 7) is 13.7. The molecule has 0 saturated carbocycles. The topological polar surface area (TPSA) is 28.2 Å². The predicted molar refractivity (Wildman–Crippen MR) is 84.7 cm³/mol. The molecule has 1 N–H and O–H groups in total. The largest absolute Gasteiger partial charge is 0.309 e. The van der Waals surface area contributed by atoms with Crippen LogP contribution in [-0.4, -0.2) is 34.6 Å². The predicted octanol–water partition coefficient (Wildman–Crippen LogP) is 3.24. The first kappa shape index (κ1) is 15.5. The minimum atomic E-state index is 0.217. The van der Waals surface area contributed by atoms with Gasteiger partial charge in [-0.3, -0.25) is 9.88 Å². The third-order valence-electron chi connectivity index (χ3n) is 4.86. The summed E-state index contributed by atoms with van der Waals surface area (Å²) in [5, 5.41) is 3.75. The molecule has 2 rings (SSSR count). The lowest BCUT2D eigenvalue weighted by molar-refractivity contribution is 0.0282. The van der Waals surface area contributed by atoms with E-state index in [2.05, 4.69) is 62.0 Å².